The molecule has 0 aliphatic heterocycles. The van der Waals surface area contributed by atoms with Crippen LogP contribution in [-0.4, -0.2) is 12.1 Å². The van der Waals surface area contributed by atoms with E-state index < -0.39 is 0 Å². The van der Waals surface area contributed by atoms with Crippen molar-refractivity contribution in [1.82, 2.24) is 5.32 Å². The van der Waals surface area contributed by atoms with Gasteiger partial charge in [-0.05, 0) is 37.5 Å². The van der Waals surface area contributed by atoms with E-state index in [1.165, 1.54) is 38.5 Å². The van der Waals surface area contributed by atoms with Gasteiger partial charge in [0.25, 0.3) is 0 Å². The molecule has 0 radical (unpaired) electrons. The van der Waals surface area contributed by atoms with Gasteiger partial charge in [0.15, 0.2) is 0 Å². The Morgan fingerprint density at radius 2 is 1.60 bits per heavy atom. The maximum Gasteiger partial charge on any atom is 0.00696 e. The number of hydrogen-bond donors (Lipinski definition) is 1. The molecule has 0 saturated heterocycles. The average molecular weight is 211 g/mol. The zero-order valence-electron chi connectivity index (χ0n) is 11.1. The minimum absolute atomic E-state index is 0.655. The maximum atomic E-state index is 3.67. The van der Waals surface area contributed by atoms with E-state index in [0.717, 1.165) is 17.9 Å². The van der Waals surface area contributed by atoms with E-state index in [1.54, 1.807) is 0 Å². The minimum atomic E-state index is 0.655. The molecule has 1 nitrogen and oxygen atoms in total. The lowest BCUT2D eigenvalue weighted by Gasteiger charge is -2.30. The van der Waals surface area contributed by atoms with Crippen LogP contribution in [0.25, 0.3) is 0 Å². The van der Waals surface area contributed by atoms with E-state index in [-0.39, 0.29) is 0 Å². The molecular weight excluding hydrogens is 182 g/mol. The Morgan fingerprint density at radius 1 is 1.00 bits per heavy atom. The van der Waals surface area contributed by atoms with E-state index in [4.69, 9.17) is 0 Å². The molecule has 1 fully saturated rings. The third kappa shape index (κ3) is 5.55. The topological polar surface area (TPSA) is 12.0 Å². The standard InChI is InChI=1S/C14H29N/c1-11(2)5-6-13-7-9-14(10-8-13)15-12(3)4/h11-15H,5-10H2,1-4H3. The number of hydrogen-bond acceptors (Lipinski definition) is 1. The van der Waals surface area contributed by atoms with Crippen molar-refractivity contribution in [1.29, 1.82) is 0 Å². The molecule has 0 aromatic carbocycles. The second kappa shape index (κ2) is 6.52. The van der Waals surface area contributed by atoms with Crippen LogP contribution in [0.2, 0.25) is 0 Å². The van der Waals surface area contributed by atoms with Gasteiger partial charge in [-0.25, -0.2) is 0 Å². The fourth-order valence-corrected chi connectivity index (χ4v) is 2.66. The molecular formula is C14H29N. The van der Waals surface area contributed by atoms with Crippen molar-refractivity contribution in [2.24, 2.45) is 11.8 Å². The fraction of sp³-hybridized carbons (Fsp3) is 1.00. The van der Waals surface area contributed by atoms with Crippen LogP contribution in [0.5, 0.6) is 0 Å². The highest BCUT2D eigenvalue weighted by molar-refractivity contribution is 4.78. The fourth-order valence-electron chi connectivity index (χ4n) is 2.66. The first-order valence-corrected chi connectivity index (χ1v) is 6.84. The van der Waals surface area contributed by atoms with Crippen LogP contribution in [0.15, 0.2) is 0 Å². The molecule has 1 aliphatic rings. The van der Waals surface area contributed by atoms with Crippen molar-refractivity contribution in [3.05, 3.63) is 0 Å². The smallest absolute Gasteiger partial charge is 0.00696 e. The van der Waals surface area contributed by atoms with E-state index in [2.05, 4.69) is 33.0 Å². The summed E-state index contributed by atoms with van der Waals surface area (Å²) in [7, 11) is 0. The van der Waals surface area contributed by atoms with Crippen molar-refractivity contribution in [2.75, 3.05) is 0 Å². The zero-order chi connectivity index (χ0) is 11.3. The summed E-state index contributed by atoms with van der Waals surface area (Å²) in [5.74, 6) is 1.91. The molecule has 0 spiro atoms. The summed E-state index contributed by atoms with van der Waals surface area (Å²) >= 11 is 0. The molecule has 1 N–H and O–H groups in total. The van der Waals surface area contributed by atoms with Crippen LogP contribution < -0.4 is 5.32 Å². The van der Waals surface area contributed by atoms with Crippen molar-refractivity contribution >= 4 is 0 Å². The first-order chi connectivity index (χ1) is 7.08. The van der Waals surface area contributed by atoms with Crippen LogP contribution in [-0.2, 0) is 0 Å². The molecule has 0 aromatic rings. The highest BCUT2D eigenvalue weighted by Gasteiger charge is 2.21. The second-order valence-electron chi connectivity index (χ2n) is 6.01. The van der Waals surface area contributed by atoms with E-state index in [0.29, 0.717) is 6.04 Å². The van der Waals surface area contributed by atoms with Crippen LogP contribution in [0.3, 0.4) is 0 Å². The average Bonchev–Trinajstić information content (AvgIpc) is 2.16. The molecule has 15 heavy (non-hydrogen) atoms. The molecule has 0 bridgehead atoms. The second-order valence-corrected chi connectivity index (χ2v) is 6.01. The summed E-state index contributed by atoms with van der Waals surface area (Å²) in [5, 5.41) is 3.67. The first kappa shape index (κ1) is 13.0. The van der Waals surface area contributed by atoms with E-state index in [1.807, 2.05) is 0 Å². The molecule has 0 heterocycles. The zero-order valence-corrected chi connectivity index (χ0v) is 11.1. The van der Waals surface area contributed by atoms with Gasteiger partial charge in [0.2, 0.25) is 0 Å². The number of nitrogens with one attached hydrogen (secondary N) is 1. The Kier molecular flexibility index (Phi) is 5.66. The van der Waals surface area contributed by atoms with Gasteiger partial charge < -0.3 is 5.32 Å². The highest BCUT2D eigenvalue weighted by atomic mass is 14.9. The number of rotatable bonds is 5. The molecule has 1 saturated carbocycles. The maximum absolute atomic E-state index is 3.67. The Morgan fingerprint density at radius 3 is 2.07 bits per heavy atom. The first-order valence-electron chi connectivity index (χ1n) is 6.84. The normalized spacial score (nSPS) is 27.6. The largest absolute Gasteiger partial charge is 0.312 e. The lowest BCUT2D eigenvalue weighted by atomic mass is 9.82. The Bertz CT molecular complexity index is 155. The van der Waals surface area contributed by atoms with Crippen molar-refractivity contribution in [2.45, 2.75) is 78.3 Å². The molecule has 0 amide bonds. The van der Waals surface area contributed by atoms with Gasteiger partial charge in [-0.1, -0.05) is 40.5 Å². The SMILES string of the molecule is CC(C)CCC1CCC(NC(C)C)CC1. The molecule has 0 aromatic heterocycles. The lowest BCUT2D eigenvalue weighted by molar-refractivity contribution is 0.260. The van der Waals surface area contributed by atoms with Crippen LogP contribution >= 0.6 is 0 Å². The molecule has 1 aliphatic carbocycles. The summed E-state index contributed by atoms with van der Waals surface area (Å²) < 4.78 is 0. The molecule has 0 unspecified atom stereocenters. The Hall–Kier alpha value is -0.0400. The van der Waals surface area contributed by atoms with Gasteiger partial charge in [0.1, 0.15) is 0 Å². The summed E-state index contributed by atoms with van der Waals surface area (Å²) in [6.45, 7) is 9.19. The van der Waals surface area contributed by atoms with Crippen LogP contribution in [0.1, 0.15) is 66.2 Å². The monoisotopic (exact) mass is 211 g/mol. The van der Waals surface area contributed by atoms with Crippen molar-refractivity contribution in [3.8, 4) is 0 Å². The summed E-state index contributed by atoms with van der Waals surface area (Å²) in [5.41, 5.74) is 0. The van der Waals surface area contributed by atoms with Gasteiger partial charge in [0, 0.05) is 12.1 Å². The highest BCUT2D eigenvalue weighted by Crippen LogP contribution is 2.29. The van der Waals surface area contributed by atoms with Crippen LogP contribution in [0.4, 0.5) is 0 Å². The van der Waals surface area contributed by atoms with E-state index >= 15 is 0 Å². The quantitative estimate of drug-likeness (QED) is 0.725. The molecule has 0 atom stereocenters. The Labute approximate surface area is 96.0 Å². The third-order valence-corrected chi connectivity index (χ3v) is 3.57. The lowest BCUT2D eigenvalue weighted by Crippen LogP contribution is -2.37. The van der Waals surface area contributed by atoms with Crippen LogP contribution in [0, 0.1) is 11.8 Å². The predicted octanol–water partition coefficient (Wildman–Crippen LogP) is 3.98. The Balaban J connectivity index is 2.12. The summed E-state index contributed by atoms with van der Waals surface area (Å²) in [4.78, 5) is 0. The predicted molar refractivity (Wildman–Crippen MR) is 68.1 cm³/mol. The molecule has 1 heteroatoms. The van der Waals surface area contributed by atoms with Crippen molar-refractivity contribution in [3.63, 3.8) is 0 Å². The summed E-state index contributed by atoms with van der Waals surface area (Å²) in [6.07, 6.45) is 8.61. The molecule has 90 valence electrons. The van der Waals surface area contributed by atoms with Crippen molar-refractivity contribution < 1.29 is 0 Å². The van der Waals surface area contributed by atoms with E-state index in [9.17, 15) is 0 Å². The third-order valence-electron chi connectivity index (χ3n) is 3.57. The van der Waals surface area contributed by atoms with Gasteiger partial charge in [-0.15, -0.1) is 0 Å². The summed E-state index contributed by atoms with van der Waals surface area (Å²) in [6, 6.07) is 1.46. The van der Waals surface area contributed by atoms with Gasteiger partial charge in [0.05, 0.1) is 0 Å². The minimum Gasteiger partial charge on any atom is -0.312 e. The van der Waals surface area contributed by atoms with Gasteiger partial charge >= 0.3 is 0 Å². The van der Waals surface area contributed by atoms with Gasteiger partial charge in [-0.3, -0.25) is 0 Å². The van der Waals surface area contributed by atoms with Gasteiger partial charge in [-0.2, -0.15) is 0 Å². The molecule has 1 rings (SSSR count).